The van der Waals surface area contributed by atoms with Crippen LogP contribution >= 0.6 is 0 Å². The van der Waals surface area contributed by atoms with E-state index in [-0.39, 0.29) is 0 Å². The van der Waals surface area contributed by atoms with Crippen molar-refractivity contribution in [3.63, 3.8) is 0 Å². The zero-order chi connectivity index (χ0) is 12.6. The largest absolute Gasteiger partial charge is 0.0988 e. The van der Waals surface area contributed by atoms with Crippen molar-refractivity contribution in [1.82, 2.24) is 0 Å². The van der Waals surface area contributed by atoms with Crippen molar-refractivity contribution < 1.29 is 0 Å². The zero-order valence-electron chi connectivity index (χ0n) is 11.6. The van der Waals surface area contributed by atoms with Crippen LogP contribution in [0.25, 0.3) is 0 Å². The molecule has 0 heterocycles. The van der Waals surface area contributed by atoms with Gasteiger partial charge >= 0.3 is 0 Å². The number of allylic oxidation sites excluding steroid dienone is 7. The van der Waals surface area contributed by atoms with Gasteiger partial charge in [-0.2, -0.15) is 0 Å². The van der Waals surface area contributed by atoms with Crippen LogP contribution in [0.1, 0.15) is 53.9 Å². The first-order valence-electron chi connectivity index (χ1n) is 6.05. The minimum atomic E-state index is 1.05. The molecule has 0 aliphatic heterocycles. The van der Waals surface area contributed by atoms with Crippen LogP contribution in [0, 0.1) is 0 Å². The number of hydrogen-bond donors (Lipinski definition) is 0. The summed E-state index contributed by atoms with van der Waals surface area (Å²) in [6.07, 6.45) is 9.95. The van der Waals surface area contributed by atoms with E-state index in [0.717, 1.165) is 12.8 Å². The number of hydrogen-bond acceptors (Lipinski definition) is 0. The van der Waals surface area contributed by atoms with Gasteiger partial charge in [0.2, 0.25) is 0 Å². The molecule has 0 spiro atoms. The molecule has 16 heavy (non-hydrogen) atoms. The van der Waals surface area contributed by atoms with Gasteiger partial charge in [-0.05, 0) is 53.9 Å². The van der Waals surface area contributed by atoms with Crippen molar-refractivity contribution in [3.05, 3.63) is 47.1 Å². The maximum atomic E-state index is 3.79. The monoisotopic (exact) mass is 218 g/mol. The predicted molar refractivity (Wildman–Crippen MR) is 75.6 cm³/mol. The van der Waals surface area contributed by atoms with Crippen LogP contribution in [0.3, 0.4) is 0 Å². The third-order valence-corrected chi connectivity index (χ3v) is 2.83. The van der Waals surface area contributed by atoms with Crippen molar-refractivity contribution in [2.24, 2.45) is 0 Å². The fourth-order valence-corrected chi connectivity index (χ4v) is 1.35. The van der Waals surface area contributed by atoms with E-state index in [1.165, 1.54) is 28.7 Å². The van der Waals surface area contributed by atoms with Crippen LogP contribution in [0.4, 0.5) is 0 Å². The van der Waals surface area contributed by atoms with Crippen molar-refractivity contribution >= 4 is 0 Å². The molecular formula is C16H26. The van der Waals surface area contributed by atoms with Crippen molar-refractivity contribution in [2.75, 3.05) is 0 Å². The van der Waals surface area contributed by atoms with Crippen LogP contribution in [0.2, 0.25) is 0 Å². The van der Waals surface area contributed by atoms with E-state index in [1.54, 1.807) is 0 Å². The normalized spacial score (nSPS) is 13.2. The van der Waals surface area contributed by atoms with Gasteiger partial charge in [0.1, 0.15) is 0 Å². The maximum Gasteiger partial charge on any atom is -0.0133 e. The molecule has 0 aliphatic carbocycles. The van der Waals surface area contributed by atoms with Crippen LogP contribution in [-0.4, -0.2) is 0 Å². The first-order valence-corrected chi connectivity index (χ1v) is 6.05. The Bertz CT molecular complexity index is 307. The second kappa shape index (κ2) is 8.15. The Balaban J connectivity index is 4.15. The first kappa shape index (κ1) is 15.0. The molecule has 0 bridgehead atoms. The summed E-state index contributed by atoms with van der Waals surface area (Å²) in [6.45, 7) is 14.6. The van der Waals surface area contributed by atoms with Crippen molar-refractivity contribution in [3.8, 4) is 0 Å². The minimum absolute atomic E-state index is 1.05. The maximum absolute atomic E-state index is 3.79. The smallest absolute Gasteiger partial charge is 0.0133 e. The minimum Gasteiger partial charge on any atom is -0.0988 e. The van der Waals surface area contributed by atoms with Gasteiger partial charge < -0.3 is 0 Å². The molecule has 0 nitrogen and oxygen atoms in total. The molecule has 0 rings (SSSR count). The lowest BCUT2D eigenvalue weighted by Crippen LogP contribution is -1.82. The summed E-state index contributed by atoms with van der Waals surface area (Å²) in [7, 11) is 0. The topological polar surface area (TPSA) is 0 Å². The Labute approximate surface area is 101 Å². The van der Waals surface area contributed by atoms with Gasteiger partial charge in [0.25, 0.3) is 0 Å². The highest BCUT2D eigenvalue weighted by atomic mass is 14.0. The molecule has 0 aromatic heterocycles. The highest BCUT2D eigenvalue weighted by Gasteiger charge is 1.93. The third kappa shape index (κ3) is 7.28. The highest BCUT2D eigenvalue weighted by Crippen LogP contribution is 2.13. The Morgan fingerprint density at radius 2 is 1.62 bits per heavy atom. The van der Waals surface area contributed by atoms with E-state index < -0.39 is 0 Å². The molecule has 0 saturated heterocycles. The van der Waals surface area contributed by atoms with Gasteiger partial charge in [-0.25, -0.2) is 0 Å². The summed E-state index contributed by atoms with van der Waals surface area (Å²) in [4.78, 5) is 0. The van der Waals surface area contributed by atoms with Crippen molar-refractivity contribution in [2.45, 2.75) is 53.9 Å². The molecule has 0 aromatic carbocycles. The van der Waals surface area contributed by atoms with E-state index in [1.807, 2.05) is 6.08 Å². The highest BCUT2D eigenvalue weighted by molar-refractivity contribution is 5.23. The van der Waals surface area contributed by atoms with Gasteiger partial charge in [0.15, 0.2) is 0 Å². The molecular weight excluding hydrogens is 192 g/mol. The van der Waals surface area contributed by atoms with Gasteiger partial charge in [0.05, 0.1) is 0 Å². The molecule has 0 aliphatic rings. The summed E-state index contributed by atoms with van der Waals surface area (Å²) in [5.74, 6) is 0. The van der Waals surface area contributed by atoms with Crippen LogP contribution in [-0.2, 0) is 0 Å². The summed E-state index contributed by atoms with van der Waals surface area (Å²) in [5, 5.41) is 0. The fraction of sp³-hybridized carbons (Fsp3) is 0.500. The van der Waals surface area contributed by atoms with E-state index in [2.05, 4.69) is 53.3 Å². The molecule has 0 atom stereocenters. The first-order chi connectivity index (χ1) is 7.47. The summed E-state index contributed by atoms with van der Waals surface area (Å²) < 4.78 is 0. The second-order valence-corrected chi connectivity index (χ2v) is 4.74. The SMILES string of the molecule is C=CC(C)=C(C)CC=C(C)CCC=C(C)C. The third-order valence-electron chi connectivity index (χ3n) is 2.83. The molecule has 0 heteroatoms. The molecule has 0 saturated carbocycles. The van der Waals surface area contributed by atoms with E-state index in [0.29, 0.717) is 0 Å². The Morgan fingerprint density at radius 1 is 1.00 bits per heavy atom. The zero-order valence-corrected chi connectivity index (χ0v) is 11.6. The van der Waals surface area contributed by atoms with Gasteiger partial charge in [-0.3, -0.25) is 0 Å². The molecule has 0 amide bonds. The van der Waals surface area contributed by atoms with E-state index in [4.69, 9.17) is 0 Å². The molecule has 0 unspecified atom stereocenters. The number of rotatable bonds is 6. The lowest BCUT2D eigenvalue weighted by atomic mass is 10.0. The van der Waals surface area contributed by atoms with Gasteiger partial charge in [0, 0.05) is 0 Å². The standard InChI is InChI=1S/C16H26/c1-7-15(5)16(6)12-11-14(4)10-8-9-13(2)3/h7,9,11H,1,8,10,12H2,2-6H3. The predicted octanol–water partition coefficient (Wildman–Crippen LogP) is 5.59. The average molecular weight is 218 g/mol. The van der Waals surface area contributed by atoms with Crippen LogP contribution in [0.5, 0.6) is 0 Å². The molecule has 0 aromatic rings. The fourth-order valence-electron chi connectivity index (χ4n) is 1.35. The molecule has 0 N–H and O–H groups in total. The Kier molecular flexibility index (Phi) is 7.62. The van der Waals surface area contributed by atoms with E-state index >= 15 is 0 Å². The average Bonchev–Trinajstić information content (AvgIpc) is 2.24. The Hall–Kier alpha value is -1.04. The van der Waals surface area contributed by atoms with Crippen LogP contribution in [0.15, 0.2) is 47.1 Å². The Morgan fingerprint density at radius 3 is 2.12 bits per heavy atom. The summed E-state index contributed by atoms with van der Waals surface area (Å²) in [5.41, 5.74) is 5.60. The summed E-state index contributed by atoms with van der Waals surface area (Å²) >= 11 is 0. The lowest BCUT2D eigenvalue weighted by molar-refractivity contribution is 0.953. The summed E-state index contributed by atoms with van der Waals surface area (Å²) in [6, 6.07) is 0. The quantitative estimate of drug-likeness (QED) is 0.402. The molecule has 90 valence electrons. The van der Waals surface area contributed by atoms with Gasteiger partial charge in [-0.15, -0.1) is 0 Å². The molecule has 0 fully saturated rings. The lowest BCUT2D eigenvalue weighted by Gasteiger charge is -2.02. The van der Waals surface area contributed by atoms with E-state index in [9.17, 15) is 0 Å². The van der Waals surface area contributed by atoms with Crippen molar-refractivity contribution in [1.29, 1.82) is 0 Å². The second-order valence-electron chi connectivity index (χ2n) is 4.74. The molecule has 0 radical (unpaired) electrons. The van der Waals surface area contributed by atoms with Gasteiger partial charge in [-0.1, -0.05) is 47.1 Å². The van der Waals surface area contributed by atoms with Crippen LogP contribution < -0.4 is 0 Å².